The molecule has 0 aliphatic rings. The Morgan fingerprint density at radius 3 is 2.08 bits per heavy atom. The maximum absolute atomic E-state index is 4.57. The van der Waals surface area contributed by atoms with Crippen molar-refractivity contribution in [3.8, 4) is 11.1 Å². The van der Waals surface area contributed by atoms with E-state index in [0.29, 0.717) is 0 Å². The third-order valence-corrected chi connectivity index (χ3v) is 7.54. The highest BCUT2D eigenvalue weighted by molar-refractivity contribution is 6.35. The van der Waals surface area contributed by atoms with Gasteiger partial charge in [0.15, 0.2) is 5.65 Å². The number of nitrogens with zero attached hydrogens (tertiary/aromatic N) is 6. The molecule has 4 heterocycles. The second-order valence-corrected chi connectivity index (χ2v) is 9.25. The van der Waals surface area contributed by atoms with Crippen LogP contribution in [0.2, 0.25) is 0 Å². The van der Waals surface area contributed by atoms with Crippen LogP contribution in [0.4, 0.5) is 0 Å². The van der Waals surface area contributed by atoms with E-state index in [0.717, 1.165) is 81.8 Å². The van der Waals surface area contributed by atoms with Crippen LogP contribution in [0.3, 0.4) is 0 Å². The van der Waals surface area contributed by atoms with Crippen molar-refractivity contribution in [2.24, 2.45) is 0 Å². The molecule has 0 spiro atoms. The van der Waals surface area contributed by atoms with Crippen molar-refractivity contribution in [1.29, 1.82) is 0 Å². The van der Waals surface area contributed by atoms with Gasteiger partial charge in [0, 0.05) is 44.7 Å². The zero-order chi connectivity index (χ0) is 23.4. The smallest absolute Gasteiger partial charge is 0.160 e. The third kappa shape index (κ3) is 2.12. The van der Waals surface area contributed by atoms with Gasteiger partial charge in [0.1, 0.15) is 0 Å². The second-order valence-electron chi connectivity index (χ2n) is 9.25. The van der Waals surface area contributed by atoms with Crippen molar-refractivity contribution in [3.63, 3.8) is 0 Å². The number of aromatic nitrogens is 6. The monoisotopic (exact) mass is 458 g/mol. The Bertz CT molecular complexity index is 2300. The first-order chi connectivity index (χ1) is 17.9. The molecule has 164 valence electrons. The topological polar surface area (TPSA) is 77.3 Å². The van der Waals surface area contributed by atoms with Crippen LogP contribution in [0.15, 0.2) is 85.3 Å². The van der Waals surface area contributed by atoms with E-state index in [4.69, 9.17) is 0 Å². The van der Waals surface area contributed by atoms with Crippen LogP contribution in [-0.2, 0) is 0 Å². The second kappa shape index (κ2) is 6.31. The van der Waals surface area contributed by atoms with E-state index in [2.05, 4.69) is 85.0 Å². The van der Waals surface area contributed by atoms with Gasteiger partial charge >= 0.3 is 0 Å². The predicted octanol–water partition coefficient (Wildman–Crippen LogP) is 6.67. The number of pyridine rings is 2. The fourth-order valence-electron chi connectivity index (χ4n) is 6.08. The van der Waals surface area contributed by atoms with E-state index in [9.17, 15) is 0 Å². The lowest BCUT2D eigenvalue weighted by molar-refractivity contribution is 1.09. The average molecular weight is 458 g/mol. The summed E-state index contributed by atoms with van der Waals surface area (Å²) < 4.78 is 0. The van der Waals surface area contributed by atoms with Gasteiger partial charge in [-0.05, 0) is 63.0 Å². The van der Waals surface area contributed by atoms with Crippen LogP contribution in [-0.4, -0.2) is 30.4 Å². The molecule has 9 aromatic rings. The molecular formula is C30H14N6. The minimum atomic E-state index is 0.737. The summed E-state index contributed by atoms with van der Waals surface area (Å²) in [5.41, 5.74) is 5.73. The standard InChI is InChI=1S/C30H14N6/c1-2-15-4-5-18-16(6-8-24-28(18)25(15)22(3-1)35-36-24)17-7-9-23-29-21(14-33-34-23)19-10-12-31-30-27(19)20(26(17)29)11-13-32-30/h1-14H. The zero-order valence-corrected chi connectivity index (χ0v) is 18.8. The molecule has 0 aliphatic carbocycles. The average Bonchev–Trinajstić information content (AvgIpc) is 2.94. The fraction of sp³-hybridized carbons (Fsp3) is 0. The molecule has 0 bridgehead atoms. The number of hydrogen-bond donors (Lipinski definition) is 0. The highest BCUT2D eigenvalue weighted by Crippen LogP contribution is 2.45. The summed E-state index contributed by atoms with van der Waals surface area (Å²) in [7, 11) is 0. The molecule has 0 saturated heterocycles. The Balaban J connectivity index is 1.54. The Hall–Kier alpha value is -5.10. The van der Waals surface area contributed by atoms with E-state index in [1.165, 1.54) is 5.39 Å². The summed E-state index contributed by atoms with van der Waals surface area (Å²) in [6.45, 7) is 0. The molecule has 0 N–H and O–H groups in total. The van der Waals surface area contributed by atoms with Gasteiger partial charge in [0.2, 0.25) is 0 Å². The summed E-state index contributed by atoms with van der Waals surface area (Å²) in [5.74, 6) is 0. The largest absolute Gasteiger partial charge is 0.237 e. The van der Waals surface area contributed by atoms with Crippen LogP contribution in [0.1, 0.15) is 0 Å². The molecule has 0 aliphatic heterocycles. The van der Waals surface area contributed by atoms with Crippen molar-refractivity contribution in [3.05, 3.63) is 85.3 Å². The van der Waals surface area contributed by atoms with E-state index >= 15 is 0 Å². The van der Waals surface area contributed by atoms with Crippen molar-refractivity contribution >= 4 is 76.1 Å². The van der Waals surface area contributed by atoms with Crippen LogP contribution in [0.25, 0.3) is 87.2 Å². The van der Waals surface area contributed by atoms with Crippen LogP contribution in [0, 0.1) is 0 Å². The first-order valence-electron chi connectivity index (χ1n) is 11.8. The van der Waals surface area contributed by atoms with Gasteiger partial charge in [-0.2, -0.15) is 10.2 Å². The SMILES string of the molecule is c1cc2ccc3c(-c4ccc5nncc6c7ccnc8nccc(c4c56)c87)ccc4nnc(c1)c2c43. The van der Waals surface area contributed by atoms with Crippen LogP contribution >= 0.6 is 0 Å². The zero-order valence-electron chi connectivity index (χ0n) is 18.8. The molecule has 9 rings (SSSR count). The first kappa shape index (κ1) is 18.3. The molecule has 0 amide bonds. The van der Waals surface area contributed by atoms with E-state index in [1.807, 2.05) is 30.7 Å². The van der Waals surface area contributed by atoms with Gasteiger partial charge in [-0.25, -0.2) is 9.97 Å². The van der Waals surface area contributed by atoms with Gasteiger partial charge in [-0.3, -0.25) is 0 Å². The quantitative estimate of drug-likeness (QED) is 0.202. The van der Waals surface area contributed by atoms with E-state index in [-0.39, 0.29) is 0 Å². The van der Waals surface area contributed by atoms with Gasteiger partial charge in [0.25, 0.3) is 0 Å². The molecule has 6 nitrogen and oxygen atoms in total. The van der Waals surface area contributed by atoms with Crippen molar-refractivity contribution < 1.29 is 0 Å². The van der Waals surface area contributed by atoms with Crippen LogP contribution in [0.5, 0.6) is 0 Å². The Morgan fingerprint density at radius 1 is 0.444 bits per heavy atom. The Morgan fingerprint density at radius 2 is 1.19 bits per heavy atom. The molecule has 0 atom stereocenters. The van der Waals surface area contributed by atoms with Gasteiger partial charge in [-0.1, -0.05) is 36.4 Å². The summed E-state index contributed by atoms with van der Waals surface area (Å²) in [5, 5.41) is 29.0. The lowest BCUT2D eigenvalue weighted by Crippen LogP contribution is -1.96. The van der Waals surface area contributed by atoms with Gasteiger partial charge < -0.3 is 0 Å². The number of fused-ring (bicyclic) bond motifs is 2. The van der Waals surface area contributed by atoms with E-state index in [1.54, 1.807) is 0 Å². The summed E-state index contributed by atoms with van der Waals surface area (Å²) in [6.07, 6.45) is 5.52. The van der Waals surface area contributed by atoms with Crippen molar-refractivity contribution in [2.45, 2.75) is 0 Å². The molecular weight excluding hydrogens is 444 g/mol. The summed E-state index contributed by atoms with van der Waals surface area (Å²) in [4.78, 5) is 9.13. The van der Waals surface area contributed by atoms with Gasteiger partial charge in [-0.15, -0.1) is 10.2 Å². The molecule has 5 aromatic carbocycles. The lowest BCUT2D eigenvalue weighted by Gasteiger charge is -2.17. The normalized spacial score (nSPS) is 12.4. The Labute approximate surface area is 202 Å². The van der Waals surface area contributed by atoms with E-state index < -0.39 is 0 Å². The molecule has 0 fully saturated rings. The summed E-state index contributed by atoms with van der Waals surface area (Å²) in [6, 6.07) is 23.2. The molecule has 0 unspecified atom stereocenters. The van der Waals surface area contributed by atoms with Crippen molar-refractivity contribution in [2.75, 3.05) is 0 Å². The molecule has 36 heavy (non-hydrogen) atoms. The molecule has 4 aromatic heterocycles. The molecule has 6 heteroatoms. The minimum Gasteiger partial charge on any atom is -0.237 e. The third-order valence-electron chi connectivity index (χ3n) is 7.54. The fourth-order valence-corrected chi connectivity index (χ4v) is 6.08. The molecule has 0 saturated carbocycles. The number of hydrogen-bond acceptors (Lipinski definition) is 6. The van der Waals surface area contributed by atoms with Crippen LogP contribution < -0.4 is 0 Å². The first-order valence-corrected chi connectivity index (χ1v) is 11.8. The molecule has 0 radical (unpaired) electrons. The minimum absolute atomic E-state index is 0.737. The van der Waals surface area contributed by atoms with Gasteiger partial charge in [0.05, 0.1) is 22.7 Å². The number of benzene rings is 5. The predicted molar refractivity (Wildman–Crippen MR) is 144 cm³/mol. The maximum atomic E-state index is 4.57. The summed E-state index contributed by atoms with van der Waals surface area (Å²) >= 11 is 0. The number of rotatable bonds is 1. The Kier molecular flexibility index (Phi) is 3.20. The highest BCUT2D eigenvalue weighted by atomic mass is 15.1. The lowest BCUT2D eigenvalue weighted by atomic mass is 9.87. The van der Waals surface area contributed by atoms with Crippen molar-refractivity contribution in [1.82, 2.24) is 30.4 Å². The highest BCUT2D eigenvalue weighted by Gasteiger charge is 2.20. The maximum Gasteiger partial charge on any atom is 0.160 e.